The fraction of sp³-hybridized carbons (Fsp3) is 0.179. The molecule has 3 aromatic carbocycles. The number of ketones is 1. The number of nitro benzene ring substituents is 1. The molecule has 37 heavy (non-hydrogen) atoms. The van der Waals surface area contributed by atoms with Crippen LogP contribution >= 0.6 is 11.8 Å². The predicted octanol–water partition coefficient (Wildman–Crippen LogP) is 6.31. The first-order valence-corrected chi connectivity index (χ1v) is 12.7. The summed E-state index contributed by atoms with van der Waals surface area (Å²) in [5, 5.41) is 24.8. The van der Waals surface area contributed by atoms with Crippen molar-refractivity contribution in [2.24, 2.45) is 10.2 Å². The summed E-state index contributed by atoms with van der Waals surface area (Å²) in [6.45, 7) is 5.79. The third-order valence-corrected chi connectivity index (χ3v) is 7.54. The number of carbonyl (C=O) groups excluding carboxylic acids is 1. The molecule has 2 aliphatic rings. The van der Waals surface area contributed by atoms with E-state index in [1.807, 2.05) is 47.5 Å². The van der Waals surface area contributed by atoms with Crippen molar-refractivity contribution in [1.82, 2.24) is 0 Å². The van der Waals surface area contributed by atoms with Crippen molar-refractivity contribution in [1.29, 1.82) is 0 Å². The number of nitro groups is 1. The summed E-state index contributed by atoms with van der Waals surface area (Å²) in [7, 11) is 0. The third kappa shape index (κ3) is 4.53. The standard InChI is InChI=1S/C28H25N5O3S/c1-19(2)21-9-11-22(12-10-21)26-17-18-28(31(29-26)23-7-5-4-6-8-23)32(30-27(37-28)20(3)34)24-13-15-25(16-14-24)33(35)36/h4-19H,1-3H3. The summed E-state index contributed by atoms with van der Waals surface area (Å²) in [6, 6.07) is 24.1. The Balaban J connectivity index is 1.63. The van der Waals surface area contributed by atoms with Gasteiger partial charge in [0.1, 0.15) is 0 Å². The summed E-state index contributed by atoms with van der Waals surface area (Å²) in [4.78, 5) is 22.2. The highest BCUT2D eigenvalue weighted by atomic mass is 32.2. The molecule has 0 saturated carbocycles. The molecule has 0 aromatic heterocycles. The Morgan fingerprint density at radius 2 is 1.54 bits per heavy atom. The summed E-state index contributed by atoms with van der Waals surface area (Å²) < 4.78 is 0. The maximum Gasteiger partial charge on any atom is 0.269 e. The van der Waals surface area contributed by atoms with Crippen LogP contribution in [0.2, 0.25) is 0 Å². The van der Waals surface area contributed by atoms with E-state index in [1.165, 1.54) is 36.4 Å². The van der Waals surface area contributed by atoms with Crippen LogP contribution in [0.5, 0.6) is 0 Å². The number of Topliss-reactive ketones (excluding diaryl/α,β-unsaturated/α-hetero) is 1. The van der Waals surface area contributed by atoms with Crippen molar-refractivity contribution in [2.45, 2.75) is 31.7 Å². The van der Waals surface area contributed by atoms with E-state index in [4.69, 9.17) is 5.10 Å². The highest BCUT2D eigenvalue weighted by Gasteiger charge is 2.51. The van der Waals surface area contributed by atoms with E-state index in [0.717, 1.165) is 17.0 Å². The van der Waals surface area contributed by atoms with Crippen LogP contribution in [0.25, 0.3) is 0 Å². The molecule has 1 spiro atoms. The third-order valence-electron chi connectivity index (χ3n) is 6.19. The van der Waals surface area contributed by atoms with Crippen molar-refractivity contribution in [3.8, 4) is 0 Å². The molecule has 0 aliphatic carbocycles. The van der Waals surface area contributed by atoms with Gasteiger partial charge < -0.3 is 0 Å². The molecule has 2 aliphatic heterocycles. The first kappa shape index (κ1) is 24.5. The van der Waals surface area contributed by atoms with E-state index >= 15 is 0 Å². The highest BCUT2D eigenvalue weighted by molar-refractivity contribution is 8.17. The molecule has 0 radical (unpaired) electrons. The Labute approximate surface area is 219 Å². The van der Waals surface area contributed by atoms with Gasteiger partial charge in [0, 0.05) is 24.6 Å². The van der Waals surface area contributed by atoms with E-state index in [0.29, 0.717) is 16.6 Å². The van der Waals surface area contributed by atoms with Gasteiger partial charge in [0.2, 0.25) is 4.99 Å². The van der Waals surface area contributed by atoms with Crippen molar-refractivity contribution in [2.75, 3.05) is 10.0 Å². The second-order valence-electron chi connectivity index (χ2n) is 9.05. The average Bonchev–Trinajstić information content (AvgIpc) is 3.29. The first-order chi connectivity index (χ1) is 17.8. The molecule has 0 amide bonds. The zero-order valence-electron chi connectivity index (χ0n) is 20.6. The van der Waals surface area contributed by atoms with E-state index in [9.17, 15) is 14.9 Å². The van der Waals surface area contributed by atoms with Crippen LogP contribution in [-0.4, -0.2) is 26.5 Å². The van der Waals surface area contributed by atoms with Crippen LogP contribution in [0.15, 0.2) is 101 Å². The normalized spacial score (nSPS) is 18.8. The highest BCUT2D eigenvalue weighted by Crippen LogP contribution is 2.48. The lowest BCUT2D eigenvalue weighted by Gasteiger charge is -2.43. The molecule has 0 saturated heterocycles. The van der Waals surface area contributed by atoms with Gasteiger partial charge in [-0.1, -0.05) is 56.3 Å². The van der Waals surface area contributed by atoms with Crippen LogP contribution < -0.4 is 10.0 Å². The molecular formula is C28H25N5O3S. The molecular weight excluding hydrogens is 486 g/mol. The fourth-order valence-electron chi connectivity index (χ4n) is 4.18. The Morgan fingerprint density at radius 1 is 0.919 bits per heavy atom. The van der Waals surface area contributed by atoms with E-state index in [-0.39, 0.29) is 11.5 Å². The molecule has 1 atom stereocenters. The summed E-state index contributed by atoms with van der Waals surface area (Å²) in [5.41, 5.74) is 4.36. The van der Waals surface area contributed by atoms with Gasteiger partial charge in [-0.15, -0.1) is 0 Å². The minimum atomic E-state index is -1.03. The zero-order chi connectivity index (χ0) is 26.2. The lowest BCUT2D eigenvalue weighted by molar-refractivity contribution is -0.384. The topological polar surface area (TPSA) is 91.4 Å². The van der Waals surface area contributed by atoms with Crippen LogP contribution in [0.1, 0.15) is 37.8 Å². The predicted molar refractivity (Wildman–Crippen MR) is 149 cm³/mol. The minimum Gasteiger partial charge on any atom is -0.292 e. The van der Waals surface area contributed by atoms with Crippen LogP contribution in [-0.2, 0) is 4.79 Å². The summed E-state index contributed by atoms with van der Waals surface area (Å²) in [5.74, 6) is 0.253. The molecule has 8 nitrogen and oxygen atoms in total. The van der Waals surface area contributed by atoms with Gasteiger partial charge in [-0.05, 0) is 59.7 Å². The van der Waals surface area contributed by atoms with Crippen LogP contribution in [0.4, 0.5) is 17.1 Å². The van der Waals surface area contributed by atoms with Gasteiger partial charge in [-0.2, -0.15) is 10.2 Å². The number of anilines is 2. The smallest absolute Gasteiger partial charge is 0.269 e. The zero-order valence-corrected chi connectivity index (χ0v) is 21.4. The first-order valence-electron chi connectivity index (χ1n) is 11.9. The Morgan fingerprint density at radius 3 is 2.14 bits per heavy atom. The Kier molecular flexibility index (Phi) is 6.39. The number of carbonyl (C=O) groups is 1. The fourth-order valence-corrected chi connectivity index (χ4v) is 5.33. The maximum atomic E-state index is 12.5. The minimum absolute atomic E-state index is 0.0234. The second-order valence-corrected chi connectivity index (χ2v) is 10.2. The van der Waals surface area contributed by atoms with Crippen molar-refractivity contribution >= 4 is 45.4 Å². The van der Waals surface area contributed by atoms with Gasteiger partial charge in [0.15, 0.2) is 10.8 Å². The second kappa shape index (κ2) is 9.67. The van der Waals surface area contributed by atoms with Gasteiger partial charge >= 0.3 is 0 Å². The molecule has 2 heterocycles. The van der Waals surface area contributed by atoms with Gasteiger partial charge in [-0.3, -0.25) is 14.9 Å². The average molecular weight is 512 g/mol. The molecule has 186 valence electrons. The number of non-ortho nitro benzene ring substituents is 1. The van der Waals surface area contributed by atoms with Crippen LogP contribution in [0, 0.1) is 10.1 Å². The number of allylic oxidation sites excluding steroid dienone is 1. The maximum absolute atomic E-state index is 12.5. The number of benzene rings is 3. The van der Waals surface area contributed by atoms with Crippen molar-refractivity contribution in [3.05, 3.63) is 112 Å². The van der Waals surface area contributed by atoms with E-state index in [1.54, 1.807) is 17.1 Å². The number of thioether (sulfide) groups is 1. The lowest BCUT2D eigenvalue weighted by Crippen LogP contribution is -2.53. The molecule has 3 aromatic rings. The SMILES string of the molecule is CC(=O)C1=NN(c2ccc([N+](=O)[O-])cc2)C2(C=CC(c3ccc(C(C)C)cc3)=NN2c2ccccc2)S1. The van der Waals surface area contributed by atoms with Gasteiger partial charge in [0.25, 0.3) is 5.69 Å². The number of hydrogen-bond acceptors (Lipinski definition) is 8. The lowest BCUT2D eigenvalue weighted by atomic mass is 10.00. The van der Waals surface area contributed by atoms with Crippen molar-refractivity contribution in [3.63, 3.8) is 0 Å². The van der Waals surface area contributed by atoms with E-state index < -0.39 is 9.92 Å². The molecule has 1 unspecified atom stereocenters. The monoisotopic (exact) mass is 511 g/mol. The number of rotatable bonds is 6. The number of hydrogen-bond donors (Lipinski definition) is 0. The molecule has 0 N–H and O–H groups in total. The Bertz CT molecular complexity index is 1430. The van der Waals surface area contributed by atoms with Crippen LogP contribution in [0.3, 0.4) is 0 Å². The number of hydrazone groups is 2. The summed E-state index contributed by atoms with van der Waals surface area (Å²) in [6.07, 6.45) is 3.91. The van der Waals surface area contributed by atoms with Gasteiger partial charge in [-0.25, -0.2) is 10.0 Å². The number of nitrogens with zero attached hydrogens (tertiary/aromatic N) is 5. The van der Waals surface area contributed by atoms with Gasteiger partial charge in [0.05, 0.1) is 22.0 Å². The van der Waals surface area contributed by atoms with E-state index in [2.05, 4.69) is 43.2 Å². The molecule has 0 bridgehead atoms. The molecule has 0 fully saturated rings. The quantitative estimate of drug-likeness (QED) is 0.285. The summed E-state index contributed by atoms with van der Waals surface area (Å²) >= 11 is 1.29. The number of para-hydroxylation sites is 1. The van der Waals surface area contributed by atoms with Crippen molar-refractivity contribution < 1.29 is 9.72 Å². The largest absolute Gasteiger partial charge is 0.292 e. The Hall–Kier alpha value is -4.24. The molecule has 5 rings (SSSR count). The molecule has 9 heteroatoms.